The van der Waals surface area contributed by atoms with E-state index >= 15 is 0 Å². The lowest BCUT2D eigenvalue weighted by Gasteiger charge is -1.96. The first kappa shape index (κ1) is 12.0. The van der Waals surface area contributed by atoms with Crippen molar-refractivity contribution in [2.75, 3.05) is 0 Å². The largest absolute Gasteiger partial charge is 0.269 e. The van der Waals surface area contributed by atoms with E-state index in [-0.39, 0.29) is 5.69 Å². The van der Waals surface area contributed by atoms with E-state index < -0.39 is 4.92 Å². The number of nitro benzene ring substituents is 1. The van der Waals surface area contributed by atoms with Crippen LogP contribution in [-0.4, -0.2) is 4.92 Å². The van der Waals surface area contributed by atoms with Crippen LogP contribution in [0.15, 0.2) is 48.5 Å². The Balaban J connectivity index is 2.16. The standard InChI is InChI=1S/C15H13NO2/c1-12-3-2-4-14(11-12)6-5-13-7-9-15(10-8-13)16(17)18/h2-11H,1H3/b6-5+. The summed E-state index contributed by atoms with van der Waals surface area (Å²) < 4.78 is 0. The smallest absolute Gasteiger partial charge is 0.258 e. The van der Waals surface area contributed by atoms with Gasteiger partial charge < -0.3 is 0 Å². The number of aryl methyl sites for hydroxylation is 1. The molecule has 0 heterocycles. The number of hydrogen-bond donors (Lipinski definition) is 0. The van der Waals surface area contributed by atoms with Crippen molar-refractivity contribution in [2.45, 2.75) is 6.92 Å². The number of benzene rings is 2. The molecule has 2 aromatic rings. The second kappa shape index (κ2) is 5.27. The Morgan fingerprint density at radius 2 is 1.67 bits per heavy atom. The zero-order valence-corrected chi connectivity index (χ0v) is 10.0. The topological polar surface area (TPSA) is 43.1 Å². The predicted molar refractivity (Wildman–Crippen MR) is 73.2 cm³/mol. The van der Waals surface area contributed by atoms with Crippen LogP contribution < -0.4 is 0 Å². The average molecular weight is 239 g/mol. The molecular formula is C15H13NO2. The summed E-state index contributed by atoms with van der Waals surface area (Å²) in [5.74, 6) is 0. The zero-order chi connectivity index (χ0) is 13.0. The van der Waals surface area contributed by atoms with E-state index in [9.17, 15) is 10.1 Å². The third kappa shape index (κ3) is 3.04. The Kier molecular flexibility index (Phi) is 3.53. The molecule has 2 aromatic carbocycles. The van der Waals surface area contributed by atoms with Crippen molar-refractivity contribution in [1.29, 1.82) is 0 Å². The van der Waals surface area contributed by atoms with Gasteiger partial charge in [0, 0.05) is 12.1 Å². The van der Waals surface area contributed by atoms with E-state index in [0.717, 1.165) is 11.1 Å². The predicted octanol–water partition coefficient (Wildman–Crippen LogP) is 4.07. The van der Waals surface area contributed by atoms with Crippen molar-refractivity contribution < 1.29 is 4.92 Å². The monoisotopic (exact) mass is 239 g/mol. The average Bonchev–Trinajstić information content (AvgIpc) is 2.37. The number of non-ortho nitro benzene ring substituents is 1. The summed E-state index contributed by atoms with van der Waals surface area (Å²) in [6.45, 7) is 2.04. The minimum absolute atomic E-state index is 0.114. The Labute approximate surface area is 106 Å². The summed E-state index contributed by atoms with van der Waals surface area (Å²) >= 11 is 0. The van der Waals surface area contributed by atoms with Gasteiger partial charge in [0.1, 0.15) is 0 Å². The van der Waals surface area contributed by atoms with Gasteiger partial charge >= 0.3 is 0 Å². The molecule has 0 spiro atoms. The van der Waals surface area contributed by atoms with E-state index in [1.165, 1.54) is 17.7 Å². The van der Waals surface area contributed by atoms with E-state index in [0.29, 0.717) is 0 Å². The van der Waals surface area contributed by atoms with Gasteiger partial charge in [0.25, 0.3) is 5.69 Å². The molecule has 0 unspecified atom stereocenters. The van der Waals surface area contributed by atoms with Gasteiger partial charge in [-0.1, -0.05) is 42.0 Å². The lowest BCUT2D eigenvalue weighted by Crippen LogP contribution is -1.86. The fourth-order valence-electron chi connectivity index (χ4n) is 1.67. The Bertz CT molecular complexity index is 586. The zero-order valence-electron chi connectivity index (χ0n) is 10.0. The third-order valence-electron chi connectivity index (χ3n) is 2.61. The van der Waals surface area contributed by atoms with E-state index in [2.05, 4.69) is 6.07 Å². The number of nitrogens with zero attached hydrogens (tertiary/aromatic N) is 1. The van der Waals surface area contributed by atoms with Gasteiger partial charge in [0.2, 0.25) is 0 Å². The fourth-order valence-corrected chi connectivity index (χ4v) is 1.67. The molecule has 3 nitrogen and oxygen atoms in total. The molecule has 0 fully saturated rings. The summed E-state index contributed by atoms with van der Waals surface area (Å²) in [5, 5.41) is 10.5. The molecule has 0 aliphatic heterocycles. The molecular weight excluding hydrogens is 226 g/mol. The highest BCUT2D eigenvalue weighted by Gasteiger charge is 2.01. The van der Waals surface area contributed by atoms with Gasteiger partial charge in [0.15, 0.2) is 0 Å². The number of hydrogen-bond acceptors (Lipinski definition) is 2. The van der Waals surface area contributed by atoms with Crippen molar-refractivity contribution in [1.82, 2.24) is 0 Å². The summed E-state index contributed by atoms with van der Waals surface area (Å²) in [5.41, 5.74) is 3.39. The van der Waals surface area contributed by atoms with Crippen molar-refractivity contribution >= 4 is 17.8 Å². The number of rotatable bonds is 3. The second-order valence-electron chi connectivity index (χ2n) is 4.10. The van der Waals surface area contributed by atoms with Crippen molar-refractivity contribution in [3.05, 3.63) is 75.3 Å². The molecule has 0 aliphatic rings. The lowest BCUT2D eigenvalue weighted by molar-refractivity contribution is -0.384. The minimum atomic E-state index is -0.395. The summed E-state index contributed by atoms with van der Waals surface area (Å²) in [7, 11) is 0. The molecule has 2 rings (SSSR count). The van der Waals surface area contributed by atoms with E-state index in [4.69, 9.17) is 0 Å². The first-order valence-electron chi connectivity index (χ1n) is 5.64. The minimum Gasteiger partial charge on any atom is -0.258 e. The molecule has 0 aliphatic carbocycles. The lowest BCUT2D eigenvalue weighted by atomic mass is 10.1. The number of nitro groups is 1. The molecule has 0 aromatic heterocycles. The van der Waals surface area contributed by atoms with Gasteiger partial charge in [-0.3, -0.25) is 10.1 Å². The van der Waals surface area contributed by atoms with Crippen molar-refractivity contribution in [2.24, 2.45) is 0 Å². The Morgan fingerprint density at radius 3 is 2.28 bits per heavy atom. The third-order valence-corrected chi connectivity index (χ3v) is 2.61. The van der Waals surface area contributed by atoms with Gasteiger partial charge in [-0.25, -0.2) is 0 Å². The fraction of sp³-hybridized carbons (Fsp3) is 0.0667. The summed E-state index contributed by atoms with van der Waals surface area (Å²) in [6, 6.07) is 14.7. The molecule has 3 heteroatoms. The van der Waals surface area contributed by atoms with Crippen LogP contribution in [-0.2, 0) is 0 Å². The second-order valence-corrected chi connectivity index (χ2v) is 4.10. The quantitative estimate of drug-likeness (QED) is 0.460. The SMILES string of the molecule is Cc1cccc(/C=C/c2ccc([N+](=O)[O-])cc2)c1. The molecule has 0 bridgehead atoms. The molecule has 0 radical (unpaired) electrons. The van der Waals surface area contributed by atoms with Crippen LogP contribution in [0.2, 0.25) is 0 Å². The van der Waals surface area contributed by atoms with Crippen LogP contribution >= 0.6 is 0 Å². The van der Waals surface area contributed by atoms with Crippen LogP contribution in [0, 0.1) is 17.0 Å². The maximum atomic E-state index is 10.5. The van der Waals surface area contributed by atoms with Crippen LogP contribution in [0.1, 0.15) is 16.7 Å². The van der Waals surface area contributed by atoms with Crippen molar-refractivity contribution in [3.8, 4) is 0 Å². The van der Waals surface area contributed by atoms with Crippen LogP contribution in [0.25, 0.3) is 12.2 Å². The molecule has 0 amide bonds. The first-order valence-corrected chi connectivity index (χ1v) is 5.64. The molecule has 0 N–H and O–H groups in total. The maximum Gasteiger partial charge on any atom is 0.269 e. The highest BCUT2D eigenvalue weighted by molar-refractivity contribution is 5.70. The molecule has 0 atom stereocenters. The maximum absolute atomic E-state index is 10.5. The van der Waals surface area contributed by atoms with Gasteiger partial charge in [0.05, 0.1) is 4.92 Å². The normalized spacial score (nSPS) is 10.7. The van der Waals surface area contributed by atoms with Gasteiger partial charge in [-0.2, -0.15) is 0 Å². The Hall–Kier alpha value is -2.42. The molecule has 0 saturated heterocycles. The van der Waals surface area contributed by atoms with E-state index in [1.54, 1.807) is 12.1 Å². The van der Waals surface area contributed by atoms with Crippen molar-refractivity contribution in [3.63, 3.8) is 0 Å². The van der Waals surface area contributed by atoms with Gasteiger partial charge in [-0.15, -0.1) is 0 Å². The van der Waals surface area contributed by atoms with Gasteiger partial charge in [-0.05, 0) is 30.2 Å². The molecule has 90 valence electrons. The Morgan fingerprint density at radius 1 is 1.00 bits per heavy atom. The molecule has 18 heavy (non-hydrogen) atoms. The molecule has 0 saturated carbocycles. The van der Waals surface area contributed by atoms with Crippen LogP contribution in [0.4, 0.5) is 5.69 Å². The highest BCUT2D eigenvalue weighted by atomic mass is 16.6. The highest BCUT2D eigenvalue weighted by Crippen LogP contribution is 2.14. The van der Waals surface area contributed by atoms with Crippen LogP contribution in [0.3, 0.4) is 0 Å². The van der Waals surface area contributed by atoms with Crippen LogP contribution in [0.5, 0.6) is 0 Å². The first-order chi connectivity index (χ1) is 8.65. The summed E-state index contributed by atoms with van der Waals surface area (Å²) in [6.07, 6.45) is 3.94. The summed E-state index contributed by atoms with van der Waals surface area (Å²) in [4.78, 5) is 10.1. The van der Waals surface area contributed by atoms with E-state index in [1.807, 2.05) is 37.3 Å².